The summed E-state index contributed by atoms with van der Waals surface area (Å²) in [5.74, 6) is 0. The molecule has 1 atom stereocenters. The van der Waals surface area contributed by atoms with E-state index < -0.39 is 0 Å². The van der Waals surface area contributed by atoms with Crippen molar-refractivity contribution in [1.29, 1.82) is 0 Å². The minimum atomic E-state index is 0.0178. The van der Waals surface area contributed by atoms with Crippen molar-refractivity contribution in [1.82, 2.24) is 0 Å². The summed E-state index contributed by atoms with van der Waals surface area (Å²) >= 11 is 9.58. The number of halogens is 2. The number of rotatable bonds is 3. The topological polar surface area (TPSA) is 26.0 Å². The van der Waals surface area contributed by atoms with Crippen molar-refractivity contribution in [3.05, 3.63) is 33.3 Å². The van der Waals surface area contributed by atoms with E-state index in [-0.39, 0.29) is 6.04 Å². The fraction of sp³-hybridized carbons (Fsp3) is 0.538. The molecule has 0 fully saturated rings. The van der Waals surface area contributed by atoms with E-state index in [1.807, 2.05) is 18.2 Å². The molecule has 0 spiro atoms. The molecule has 16 heavy (non-hydrogen) atoms. The van der Waals surface area contributed by atoms with Crippen LogP contribution >= 0.6 is 27.5 Å². The molecule has 0 aliphatic carbocycles. The highest BCUT2D eigenvalue weighted by Gasteiger charge is 2.15. The molecule has 0 aromatic heterocycles. The lowest BCUT2D eigenvalue weighted by atomic mass is 9.87. The van der Waals surface area contributed by atoms with Crippen molar-refractivity contribution < 1.29 is 0 Å². The molecule has 0 heterocycles. The normalized spacial score (nSPS) is 13.9. The van der Waals surface area contributed by atoms with Crippen LogP contribution in [-0.4, -0.2) is 0 Å². The smallest absolute Gasteiger partial charge is 0.0454 e. The van der Waals surface area contributed by atoms with Gasteiger partial charge >= 0.3 is 0 Å². The van der Waals surface area contributed by atoms with E-state index in [0.717, 1.165) is 27.9 Å². The summed E-state index contributed by atoms with van der Waals surface area (Å²) in [6.07, 6.45) is 2.05. The van der Waals surface area contributed by atoms with Gasteiger partial charge in [0.15, 0.2) is 0 Å². The fourth-order valence-electron chi connectivity index (χ4n) is 1.54. The van der Waals surface area contributed by atoms with Crippen molar-refractivity contribution in [2.24, 2.45) is 11.1 Å². The van der Waals surface area contributed by atoms with Crippen molar-refractivity contribution >= 4 is 27.5 Å². The van der Waals surface area contributed by atoms with Gasteiger partial charge in [0.05, 0.1) is 0 Å². The molecular formula is C13H19BrClN. The van der Waals surface area contributed by atoms with Crippen molar-refractivity contribution in [2.75, 3.05) is 0 Å². The third kappa shape index (κ3) is 4.44. The van der Waals surface area contributed by atoms with E-state index in [9.17, 15) is 0 Å². The lowest BCUT2D eigenvalue weighted by molar-refractivity contribution is 0.350. The predicted molar refractivity (Wildman–Crippen MR) is 74.8 cm³/mol. The Hall–Kier alpha value is -0.0500. The summed E-state index contributed by atoms with van der Waals surface area (Å²) < 4.78 is 1.03. The Morgan fingerprint density at radius 3 is 2.56 bits per heavy atom. The van der Waals surface area contributed by atoms with Gasteiger partial charge in [-0.25, -0.2) is 0 Å². The van der Waals surface area contributed by atoms with Crippen LogP contribution in [0.3, 0.4) is 0 Å². The van der Waals surface area contributed by atoms with Crippen LogP contribution < -0.4 is 5.73 Å². The third-order valence-corrected chi connectivity index (χ3v) is 3.40. The van der Waals surface area contributed by atoms with Crippen LogP contribution in [0.5, 0.6) is 0 Å². The molecule has 1 aromatic carbocycles. The van der Waals surface area contributed by atoms with Gasteiger partial charge in [-0.1, -0.05) is 48.3 Å². The Morgan fingerprint density at radius 1 is 1.38 bits per heavy atom. The molecule has 1 nitrogen and oxygen atoms in total. The first-order chi connectivity index (χ1) is 7.29. The Kier molecular flexibility index (Phi) is 4.84. The fourth-order valence-corrected chi connectivity index (χ4v) is 2.18. The van der Waals surface area contributed by atoms with Gasteiger partial charge in [-0.15, -0.1) is 0 Å². The van der Waals surface area contributed by atoms with E-state index >= 15 is 0 Å². The molecule has 1 unspecified atom stereocenters. The quantitative estimate of drug-likeness (QED) is 0.842. The number of hydrogen-bond donors (Lipinski definition) is 1. The summed E-state index contributed by atoms with van der Waals surface area (Å²) in [5, 5.41) is 0.754. The van der Waals surface area contributed by atoms with Crippen LogP contribution in [-0.2, 0) is 0 Å². The first-order valence-corrected chi connectivity index (χ1v) is 6.67. The first kappa shape index (κ1) is 14.0. The van der Waals surface area contributed by atoms with E-state index in [1.165, 1.54) is 0 Å². The second kappa shape index (κ2) is 5.52. The maximum absolute atomic E-state index is 6.17. The summed E-state index contributed by atoms with van der Waals surface area (Å²) in [5.41, 5.74) is 7.51. The molecule has 0 radical (unpaired) electrons. The molecule has 1 aromatic rings. The average molecular weight is 305 g/mol. The van der Waals surface area contributed by atoms with Gasteiger partial charge in [-0.3, -0.25) is 0 Å². The summed E-state index contributed by atoms with van der Waals surface area (Å²) in [6, 6.07) is 5.85. The van der Waals surface area contributed by atoms with Crippen molar-refractivity contribution in [2.45, 2.75) is 39.7 Å². The molecule has 0 saturated carbocycles. The molecule has 3 heteroatoms. The largest absolute Gasteiger partial charge is 0.324 e. The third-order valence-electron chi connectivity index (χ3n) is 2.56. The maximum atomic E-state index is 6.17. The minimum absolute atomic E-state index is 0.0178. The summed E-state index contributed by atoms with van der Waals surface area (Å²) in [6.45, 7) is 6.67. The standard InChI is InChI=1S/C13H19BrClN/c1-13(2,3)7-6-12(16)10-8-9(14)4-5-11(10)15/h4-5,8,12H,6-7,16H2,1-3H3. The molecule has 0 amide bonds. The van der Waals surface area contributed by atoms with Gasteiger partial charge in [-0.2, -0.15) is 0 Å². The number of hydrogen-bond acceptors (Lipinski definition) is 1. The highest BCUT2D eigenvalue weighted by atomic mass is 79.9. The lowest BCUT2D eigenvalue weighted by Crippen LogP contribution is -2.15. The second-order valence-electron chi connectivity index (χ2n) is 5.37. The zero-order chi connectivity index (χ0) is 12.3. The van der Waals surface area contributed by atoms with E-state index in [0.29, 0.717) is 5.41 Å². The SMILES string of the molecule is CC(C)(C)CCC(N)c1cc(Br)ccc1Cl. The molecule has 2 N–H and O–H groups in total. The van der Waals surface area contributed by atoms with Gasteiger partial charge in [0, 0.05) is 15.5 Å². The average Bonchev–Trinajstić information content (AvgIpc) is 2.17. The maximum Gasteiger partial charge on any atom is 0.0454 e. The first-order valence-electron chi connectivity index (χ1n) is 5.50. The van der Waals surface area contributed by atoms with Crippen LogP contribution in [0.4, 0.5) is 0 Å². The van der Waals surface area contributed by atoms with E-state index in [2.05, 4.69) is 36.7 Å². The van der Waals surface area contributed by atoms with Gasteiger partial charge in [0.1, 0.15) is 0 Å². The number of nitrogens with two attached hydrogens (primary N) is 1. The number of benzene rings is 1. The summed E-state index contributed by atoms with van der Waals surface area (Å²) in [7, 11) is 0. The molecule has 0 aliphatic rings. The lowest BCUT2D eigenvalue weighted by Gasteiger charge is -2.21. The van der Waals surface area contributed by atoms with E-state index in [4.69, 9.17) is 17.3 Å². The van der Waals surface area contributed by atoms with Crippen LogP contribution in [0.25, 0.3) is 0 Å². The van der Waals surface area contributed by atoms with Gasteiger partial charge in [-0.05, 0) is 42.0 Å². The molecule has 90 valence electrons. The van der Waals surface area contributed by atoms with Crippen LogP contribution in [0.2, 0.25) is 5.02 Å². The van der Waals surface area contributed by atoms with Gasteiger partial charge < -0.3 is 5.73 Å². The predicted octanol–water partition coefficient (Wildman–Crippen LogP) is 4.93. The summed E-state index contributed by atoms with van der Waals surface area (Å²) in [4.78, 5) is 0. The van der Waals surface area contributed by atoms with Crippen LogP contribution in [0.15, 0.2) is 22.7 Å². The molecule has 1 rings (SSSR count). The molecule has 0 aliphatic heterocycles. The van der Waals surface area contributed by atoms with Gasteiger partial charge in [0.25, 0.3) is 0 Å². The second-order valence-corrected chi connectivity index (χ2v) is 6.69. The van der Waals surface area contributed by atoms with Crippen molar-refractivity contribution in [3.8, 4) is 0 Å². The van der Waals surface area contributed by atoms with Gasteiger partial charge in [0.2, 0.25) is 0 Å². The van der Waals surface area contributed by atoms with E-state index in [1.54, 1.807) is 0 Å². The van der Waals surface area contributed by atoms with Crippen LogP contribution in [0.1, 0.15) is 45.2 Å². The Balaban J connectivity index is 2.73. The minimum Gasteiger partial charge on any atom is -0.324 e. The highest BCUT2D eigenvalue weighted by Crippen LogP contribution is 2.31. The molecule has 0 saturated heterocycles. The Labute approximate surface area is 111 Å². The highest BCUT2D eigenvalue weighted by molar-refractivity contribution is 9.10. The zero-order valence-electron chi connectivity index (χ0n) is 10.1. The Bertz CT molecular complexity index is 357. The Morgan fingerprint density at radius 2 is 2.00 bits per heavy atom. The molecule has 0 bridgehead atoms. The zero-order valence-corrected chi connectivity index (χ0v) is 12.4. The molecular weight excluding hydrogens is 286 g/mol. The monoisotopic (exact) mass is 303 g/mol. The van der Waals surface area contributed by atoms with Crippen LogP contribution in [0, 0.1) is 5.41 Å². The van der Waals surface area contributed by atoms with Crippen molar-refractivity contribution in [3.63, 3.8) is 0 Å².